The highest BCUT2D eigenvalue weighted by Crippen LogP contribution is 2.45. The minimum Gasteiger partial charge on any atom is -0.469 e. The van der Waals surface area contributed by atoms with Gasteiger partial charge in [-0.15, -0.1) is 11.3 Å². The Bertz CT molecular complexity index is 2810. The highest BCUT2D eigenvalue weighted by atomic mass is 127. The molecule has 1 aromatic rings. The number of unbranched alkanes of at least 4 members (excludes halogenated alkanes) is 8. The molecule has 3 rings (SSSR count). The van der Waals surface area contributed by atoms with Gasteiger partial charge in [-0.05, 0) is 164 Å². The largest absolute Gasteiger partial charge is 0.469 e. The monoisotopic (exact) mass is 1680 g/mol. The molecule has 0 radical (unpaired) electrons. The van der Waals surface area contributed by atoms with Crippen LogP contribution in [0.4, 0.5) is 0 Å². The molecular formula is C85H157IO13SSi5. The van der Waals surface area contributed by atoms with E-state index in [-0.39, 0.29) is 104 Å². The normalized spacial score (nSPS) is 18.3. The number of thiophene rings is 1. The molecule has 608 valence electrons. The van der Waals surface area contributed by atoms with Crippen LogP contribution in [-0.4, -0.2) is 121 Å². The van der Waals surface area contributed by atoms with Crippen molar-refractivity contribution in [3.63, 3.8) is 0 Å². The molecule has 0 spiro atoms. The molecule has 2 aliphatic carbocycles. The lowest BCUT2D eigenvalue weighted by Crippen LogP contribution is -2.45. The topological polar surface area (TPSA) is 167 Å². The number of ketones is 4. The molecule has 0 aliphatic heterocycles. The Morgan fingerprint density at radius 3 is 1.31 bits per heavy atom. The molecule has 1 heterocycles. The van der Waals surface area contributed by atoms with E-state index in [1.54, 1.807) is 0 Å². The Balaban J connectivity index is 0.00000146. The summed E-state index contributed by atoms with van der Waals surface area (Å²) in [6.07, 6.45) is 33.6. The van der Waals surface area contributed by atoms with Crippen molar-refractivity contribution in [2.24, 2.45) is 11.8 Å². The van der Waals surface area contributed by atoms with Gasteiger partial charge in [0, 0.05) is 73.7 Å². The first kappa shape index (κ1) is 103. The highest BCUT2D eigenvalue weighted by molar-refractivity contribution is 14.1. The fraction of sp³-hybridized carbons (Fsp3) is 0.788. The predicted molar refractivity (Wildman–Crippen MR) is 467 cm³/mol. The lowest BCUT2D eigenvalue weighted by Gasteiger charge is -2.40. The van der Waals surface area contributed by atoms with Crippen LogP contribution in [0.5, 0.6) is 0 Å². The molecule has 0 amide bonds. The number of allylic oxidation sites excluding steroid dienone is 2. The van der Waals surface area contributed by atoms with Crippen molar-refractivity contribution in [1.29, 1.82) is 0 Å². The van der Waals surface area contributed by atoms with Crippen molar-refractivity contribution in [1.82, 2.24) is 0 Å². The summed E-state index contributed by atoms with van der Waals surface area (Å²) in [7, 11) is -6.65. The molecule has 0 aromatic carbocycles. The van der Waals surface area contributed by atoms with E-state index in [1.165, 1.54) is 64.0 Å². The van der Waals surface area contributed by atoms with E-state index < -0.39 is 41.6 Å². The zero-order chi connectivity index (χ0) is 81.1. The smallest absolute Gasteiger partial charge is 0.305 e. The van der Waals surface area contributed by atoms with E-state index in [1.807, 2.05) is 17.4 Å². The van der Waals surface area contributed by atoms with Gasteiger partial charge in [0.2, 0.25) is 0 Å². The number of Topliss-reactive ketones (excluding diaryl/α,β-unsaturated/α-hetero) is 4. The van der Waals surface area contributed by atoms with E-state index in [0.29, 0.717) is 80.9 Å². The first-order valence-corrected chi connectivity index (χ1v) is 56.9. The number of esters is 2. The maximum atomic E-state index is 13.4. The second kappa shape index (κ2) is 48.7. The predicted octanol–water partition coefficient (Wildman–Crippen LogP) is 25.5. The highest BCUT2D eigenvalue weighted by Gasteiger charge is 2.49. The van der Waals surface area contributed by atoms with Gasteiger partial charge >= 0.3 is 11.9 Å². The lowest BCUT2D eigenvalue weighted by molar-refractivity contribution is -0.141. The molecule has 1 aromatic heterocycles. The van der Waals surface area contributed by atoms with Crippen LogP contribution in [0.15, 0.2) is 63.6 Å². The Morgan fingerprint density at radius 2 is 0.924 bits per heavy atom. The van der Waals surface area contributed by atoms with Crippen LogP contribution in [0.25, 0.3) is 0 Å². The quantitative estimate of drug-likeness (QED) is 0.0200. The number of carbonyl (C=O) groups is 6. The minimum atomic E-state index is -2.14. The molecule has 5 unspecified atom stereocenters. The number of halogens is 1. The van der Waals surface area contributed by atoms with Crippen molar-refractivity contribution < 1.29 is 60.4 Å². The number of methoxy groups -OCH3 is 2. The van der Waals surface area contributed by atoms with E-state index >= 15 is 0 Å². The molecule has 20 heteroatoms. The Morgan fingerprint density at radius 1 is 0.524 bits per heavy atom. The first-order chi connectivity index (χ1) is 48.2. The Hall–Kier alpha value is -2.11. The minimum absolute atomic E-state index is 0.0126. The molecule has 2 aliphatic rings. The number of hydrogen-bond donors (Lipinski definition) is 0. The average Bonchev–Trinajstić information content (AvgIpc) is 1.68. The second-order valence-electron chi connectivity index (χ2n) is 37.2. The van der Waals surface area contributed by atoms with Crippen LogP contribution >= 0.6 is 33.9 Å². The lowest BCUT2D eigenvalue weighted by atomic mass is 9.88. The second-order valence-corrected chi connectivity index (χ2v) is 62.7. The zero-order valence-corrected chi connectivity index (χ0v) is 80.6. The van der Waals surface area contributed by atoms with Gasteiger partial charge in [-0.3, -0.25) is 28.8 Å². The molecule has 0 bridgehead atoms. The molecular weight excluding hydrogens is 1530 g/mol. The van der Waals surface area contributed by atoms with Gasteiger partial charge in [0.15, 0.2) is 47.4 Å². The van der Waals surface area contributed by atoms with Gasteiger partial charge in [-0.2, -0.15) is 0 Å². The number of ether oxygens (including phenoxy) is 2. The number of hydrogen-bond acceptors (Lipinski definition) is 14. The van der Waals surface area contributed by atoms with Crippen molar-refractivity contribution in [3.8, 4) is 0 Å². The third-order valence-electron chi connectivity index (χ3n) is 22.9. The fourth-order valence-electron chi connectivity index (χ4n) is 10.8. The van der Waals surface area contributed by atoms with Gasteiger partial charge in [0.1, 0.15) is 17.3 Å². The third-order valence-corrected chi connectivity index (χ3v) is 46.8. The van der Waals surface area contributed by atoms with Crippen molar-refractivity contribution >= 4 is 111 Å². The van der Waals surface area contributed by atoms with Gasteiger partial charge in [-0.1, -0.05) is 241 Å². The molecule has 1 fully saturated rings. The summed E-state index contributed by atoms with van der Waals surface area (Å²) >= 11 is 4.12. The van der Waals surface area contributed by atoms with Crippen LogP contribution in [-0.2, 0) is 66.8 Å². The van der Waals surface area contributed by atoms with E-state index in [4.69, 9.17) is 26.9 Å². The summed E-state index contributed by atoms with van der Waals surface area (Å²) in [4.78, 5) is 74.5. The van der Waals surface area contributed by atoms with Crippen LogP contribution in [0.3, 0.4) is 0 Å². The average molecular weight is 1690 g/mol. The summed E-state index contributed by atoms with van der Waals surface area (Å²) in [6.45, 7) is 63.2. The molecule has 105 heavy (non-hydrogen) atoms. The third kappa shape index (κ3) is 40.8. The van der Waals surface area contributed by atoms with Crippen molar-refractivity contribution in [3.05, 3.63) is 68.5 Å². The van der Waals surface area contributed by atoms with Crippen LogP contribution < -0.4 is 0 Å². The summed E-state index contributed by atoms with van der Waals surface area (Å²) in [5.41, 5.74) is 0.585. The molecule has 7 atom stereocenters. The summed E-state index contributed by atoms with van der Waals surface area (Å²) in [5, 5.41) is 2.93. The first-order valence-electron chi connectivity index (χ1n) is 40.2. The van der Waals surface area contributed by atoms with Gasteiger partial charge in [-0.25, -0.2) is 0 Å². The molecule has 0 saturated heterocycles. The maximum absolute atomic E-state index is 13.4. The van der Waals surface area contributed by atoms with Crippen LogP contribution in [0.1, 0.15) is 284 Å². The SMILES string of the molecule is CCCCCC(/C=C/Cc1cccs1)O[Si](C)(C)C(C)(C)C.CCCCCC(/C=C/I)O[Si](C)(C)C(C)(C)C.CCCCCC(/C=C/[C@H]1C(O[Si](C)(C)C(C)(C)C)CC(=O)[C@@H]1CC(=O)CCCCC(=O)OC)O[Si](C)(C)C(C)(C)C.COC(=O)CCCCC(=O)CC1=CC(O[Si](C)(C)C(C)(C)C)CC1=O. The van der Waals surface area contributed by atoms with Gasteiger partial charge in [0.25, 0.3) is 0 Å². The van der Waals surface area contributed by atoms with Gasteiger partial charge in [0.05, 0.1) is 44.7 Å². The molecule has 1 saturated carbocycles. The van der Waals surface area contributed by atoms with Gasteiger partial charge < -0.3 is 31.6 Å². The zero-order valence-electron chi connectivity index (χ0n) is 72.6. The fourth-order valence-corrected chi connectivity index (χ4v) is 18.5. The summed E-state index contributed by atoms with van der Waals surface area (Å²) in [5.74, 6) is -0.773. The van der Waals surface area contributed by atoms with E-state index in [9.17, 15) is 28.8 Å². The maximum Gasteiger partial charge on any atom is 0.305 e. The van der Waals surface area contributed by atoms with E-state index in [0.717, 1.165) is 38.5 Å². The van der Waals surface area contributed by atoms with Crippen LogP contribution in [0.2, 0.25) is 90.7 Å². The van der Waals surface area contributed by atoms with Crippen LogP contribution in [0, 0.1) is 11.8 Å². The van der Waals surface area contributed by atoms with Crippen molar-refractivity contribution in [2.45, 2.75) is 406 Å². The Labute approximate surface area is 666 Å². The summed E-state index contributed by atoms with van der Waals surface area (Å²) < 4.78 is 44.4. The molecule has 13 nitrogen and oxygen atoms in total. The standard InChI is InChI=1S/C33H62O6Si2.C19H32O5Si.C19H34OSSi.C14H29IOSi/c1-13-14-15-19-26(38-40(9,10)32(2,3)4)21-22-27-28(23-25(34)18-16-17-20-31(36)37-8)29(35)24-30(27)39-41(11,12)33(5,6)7;1-19(2,3)25(5,6)24-16-12-14(17(21)13-16)11-15(20)9-7-8-10-18(22)23-4;1-7-8-9-12-17(20-22(5,6)19(2,3)4)13-10-14-18-15-11-16-21-18;1-7-8-9-10-13(11-12-15)16-17(5,6)14(2,3)4/h21-22,26-28,30H,13-20,23-24H2,1-12H3;12,16H,7-11,13H2,1-6H3;10-11,13,15-17H,7-9,12,14H2,1-6H3;11-13H,7-10H2,1-6H3/b22-21+;;13-10+;12-11+/t26?,27-,28-,30?;;;/m1.../s1. The number of carbonyl (C=O) groups excluding carboxylic acids is 6. The Kier molecular flexibility index (Phi) is 47.8. The number of rotatable bonds is 42. The van der Waals surface area contributed by atoms with E-state index in [2.05, 4.69) is 269 Å². The summed E-state index contributed by atoms with van der Waals surface area (Å²) in [6, 6.07) is 4.33. The molecule has 0 N–H and O–H groups in total. The van der Waals surface area contributed by atoms with Crippen molar-refractivity contribution in [2.75, 3.05) is 14.2 Å².